The number of ether oxygens (including phenoxy) is 1. The number of nitrogens with one attached hydrogen (secondary N) is 1. The summed E-state index contributed by atoms with van der Waals surface area (Å²) in [4.78, 5) is 19.5. The Kier molecular flexibility index (Phi) is 6.98. The molecule has 6 heteroatoms. The first-order valence-electron chi connectivity index (χ1n) is 9.35. The first-order valence-corrected chi connectivity index (χ1v) is 10.6. The van der Waals surface area contributed by atoms with E-state index in [0.717, 1.165) is 36.5 Å². The van der Waals surface area contributed by atoms with Gasteiger partial charge in [-0.05, 0) is 37.3 Å². The van der Waals surface area contributed by atoms with E-state index >= 15 is 0 Å². The summed E-state index contributed by atoms with van der Waals surface area (Å²) in [6, 6.07) is 13.1. The fourth-order valence-electron chi connectivity index (χ4n) is 3.46. The molecule has 1 N–H and O–H groups in total. The molecular weight excluding hydrogens is 358 g/mol. The number of nitrogens with zero attached hydrogens (tertiary/aromatic N) is 2. The van der Waals surface area contributed by atoms with Crippen molar-refractivity contribution in [3.8, 4) is 5.75 Å². The van der Waals surface area contributed by atoms with Crippen LogP contribution in [0, 0.1) is 0 Å². The van der Waals surface area contributed by atoms with E-state index in [2.05, 4.69) is 16.6 Å². The van der Waals surface area contributed by atoms with Crippen LogP contribution in [0.2, 0.25) is 0 Å². The Hall–Kier alpha value is -2.21. The highest BCUT2D eigenvalue weighted by Crippen LogP contribution is 2.29. The van der Waals surface area contributed by atoms with Gasteiger partial charge < -0.3 is 15.0 Å². The second kappa shape index (κ2) is 9.65. The third-order valence-corrected chi connectivity index (χ3v) is 6.00. The number of likely N-dealkylation sites (tertiary alicyclic amines) is 1. The highest BCUT2D eigenvalue weighted by Gasteiger charge is 2.26. The first-order chi connectivity index (χ1) is 13.2. The summed E-state index contributed by atoms with van der Waals surface area (Å²) in [5.74, 6) is 0.742. The minimum atomic E-state index is -0.356. The van der Waals surface area contributed by atoms with E-state index in [0.29, 0.717) is 5.25 Å². The van der Waals surface area contributed by atoms with Gasteiger partial charge >= 0.3 is 6.03 Å². The van der Waals surface area contributed by atoms with Crippen LogP contribution in [0.15, 0.2) is 48.7 Å². The van der Waals surface area contributed by atoms with Crippen molar-refractivity contribution in [2.45, 2.75) is 30.6 Å². The zero-order valence-corrected chi connectivity index (χ0v) is 16.7. The molecule has 27 heavy (non-hydrogen) atoms. The smallest absolute Gasteiger partial charge is 0.318 e. The van der Waals surface area contributed by atoms with Crippen molar-refractivity contribution >= 4 is 17.8 Å². The predicted molar refractivity (Wildman–Crippen MR) is 110 cm³/mol. The zero-order chi connectivity index (χ0) is 19.1. The molecule has 0 radical (unpaired) electrons. The van der Waals surface area contributed by atoms with Gasteiger partial charge in [-0.3, -0.25) is 4.98 Å². The molecule has 1 aliphatic heterocycles. The van der Waals surface area contributed by atoms with E-state index in [9.17, 15) is 4.79 Å². The summed E-state index contributed by atoms with van der Waals surface area (Å²) < 4.78 is 5.53. The van der Waals surface area contributed by atoms with E-state index in [1.54, 1.807) is 13.3 Å². The van der Waals surface area contributed by atoms with Gasteiger partial charge in [-0.1, -0.05) is 30.7 Å². The zero-order valence-electron chi connectivity index (χ0n) is 15.9. The Morgan fingerprint density at radius 2 is 2.07 bits per heavy atom. The van der Waals surface area contributed by atoms with Crippen molar-refractivity contribution in [1.82, 2.24) is 15.2 Å². The van der Waals surface area contributed by atoms with Crippen LogP contribution in [0.3, 0.4) is 0 Å². The molecule has 1 aromatic carbocycles. The fraction of sp³-hybridized carbons (Fsp3) is 0.429. The number of rotatable bonds is 5. The number of para-hydroxylation sites is 1. The summed E-state index contributed by atoms with van der Waals surface area (Å²) in [6.45, 7) is 1.58. The third-order valence-electron chi connectivity index (χ3n) is 4.95. The van der Waals surface area contributed by atoms with Crippen molar-refractivity contribution in [2.24, 2.45) is 0 Å². The van der Waals surface area contributed by atoms with E-state index in [1.165, 1.54) is 12.8 Å². The summed E-state index contributed by atoms with van der Waals surface area (Å²) in [6.07, 6.45) is 7.26. The van der Waals surface area contributed by atoms with Crippen molar-refractivity contribution < 1.29 is 9.53 Å². The third kappa shape index (κ3) is 4.95. The molecule has 1 aliphatic rings. The molecule has 144 valence electrons. The lowest BCUT2D eigenvalue weighted by atomic mass is 10.0. The topological polar surface area (TPSA) is 54.5 Å². The standard InChI is InChI=1S/C21H27N3O2S/c1-26-19-12-4-3-10-17(19)20(18-11-5-7-13-22-18)23-21(25)24-14-8-6-9-16(15-24)27-2/h3-5,7,10-13,16,20H,6,8-9,14-15H2,1-2H3,(H,23,25)/t16-,20+/m1/s1. The van der Waals surface area contributed by atoms with Crippen LogP contribution in [-0.4, -0.2) is 47.6 Å². The van der Waals surface area contributed by atoms with Gasteiger partial charge in [0.2, 0.25) is 0 Å². The largest absolute Gasteiger partial charge is 0.496 e. The molecule has 5 nitrogen and oxygen atoms in total. The summed E-state index contributed by atoms with van der Waals surface area (Å²) in [7, 11) is 1.65. The molecule has 0 unspecified atom stereocenters. The van der Waals surface area contributed by atoms with Gasteiger partial charge in [-0.25, -0.2) is 4.79 Å². The molecule has 3 rings (SSSR count). The lowest BCUT2D eigenvalue weighted by molar-refractivity contribution is 0.197. The molecule has 1 fully saturated rings. The van der Waals surface area contributed by atoms with Gasteiger partial charge in [0.05, 0.1) is 12.8 Å². The fourth-order valence-corrected chi connectivity index (χ4v) is 4.19. The second-order valence-electron chi connectivity index (χ2n) is 6.68. The SMILES string of the molecule is COc1ccccc1[C@H](NC(=O)N1CCCC[C@@H](SC)C1)c1ccccn1. The minimum absolute atomic E-state index is 0.0440. The summed E-state index contributed by atoms with van der Waals surface area (Å²) in [5.41, 5.74) is 1.70. The number of urea groups is 1. The van der Waals surface area contributed by atoms with Gasteiger partial charge in [-0.15, -0.1) is 0 Å². The Bertz CT molecular complexity index is 741. The lowest BCUT2D eigenvalue weighted by Gasteiger charge is -2.28. The van der Waals surface area contributed by atoms with Crippen LogP contribution in [0.25, 0.3) is 0 Å². The lowest BCUT2D eigenvalue weighted by Crippen LogP contribution is -2.44. The van der Waals surface area contributed by atoms with Crippen molar-refractivity contribution in [3.63, 3.8) is 0 Å². The van der Waals surface area contributed by atoms with E-state index in [-0.39, 0.29) is 12.1 Å². The Morgan fingerprint density at radius 1 is 1.26 bits per heavy atom. The second-order valence-corrected chi connectivity index (χ2v) is 7.82. The Balaban J connectivity index is 1.86. The van der Waals surface area contributed by atoms with Gasteiger partial charge in [0, 0.05) is 30.1 Å². The average molecular weight is 386 g/mol. The number of hydrogen-bond acceptors (Lipinski definition) is 4. The minimum Gasteiger partial charge on any atom is -0.496 e. The molecule has 0 spiro atoms. The van der Waals surface area contributed by atoms with Crippen molar-refractivity contribution in [3.05, 3.63) is 59.9 Å². The quantitative estimate of drug-likeness (QED) is 0.842. The predicted octanol–water partition coefficient (Wildman–Crippen LogP) is 4.11. The molecule has 1 saturated heterocycles. The molecular formula is C21H27N3O2S. The molecule has 2 heterocycles. The summed E-state index contributed by atoms with van der Waals surface area (Å²) in [5, 5.41) is 3.70. The molecule has 2 amide bonds. The number of aromatic nitrogens is 1. The number of carbonyl (C=O) groups is 1. The maximum absolute atomic E-state index is 13.1. The number of carbonyl (C=O) groups excluding carboxylic acids is 1. The van der Waals surface area contributed by atoms with E-state index in [4.69, 9.17) is 4.74 Å². The number of amides is 2. The van der Waals surface area contributed by atoms with Gasteiger partial charge in [0.25, 0.3) is 0 Å². The van der Waals surface area contributed by atoms with Crippen LogP contribution in [-0.2, 0) is 0 Å². The van der Waals surface area contributed by atoms with Crippen LogP contribution in [0.4, 0.5) is 4.79 Å². The van der Waals surface area contributed by atoms with Crippen LogP contribution >= 0.6 is 11.8 Å². The highest BCUT2D eigenvalue weighted by atomic mass is 32.2. The van der Waals surface area contributed by atoms with Gasteiger partial charge in [0.15, 0.2) is 0 Å². The molecule has 0 saturated carbocycles. The molecule has 2 aromatic rings. The molecule has 1 aromatic heterocycles. The first kappa shape index (κ1) is 19.5. The Labute approximate surface area is 165 Å². The number of benzene rings is 1. The summed E-state index contributed by atoms with van der Waals surface area (Å²) >= 11 is 1.84. The number of pyridine rings is 1. The van der Waals surface area contributed by atoms with Crippen LogP contribution in [0.1, 0.15) is 36.6 Å². The molecule has 0 bridgehead atoms. The van der Waals surface area contributed by atoms with Crippen LogP contribution in [0.5, 0.6) is 5.75 Å². The maximum Gasteiger partial charge on any atom is 0.318 e. The number of methoxy groups -OCH3 is 1. The number of hydrogen-bond donors (Lipinski definition) is 1. The molecule has 0 aliphatic carbocycles. The maximum atomic E-state index is 13.1. The van der Waals surface area contributed by atoms with Gasteiger partial charge in [-0.2, -0.15) is 11.8 Å². The highest BCUT2D eigenvalue weighted by molar-refractivity contribution is 7.99. The van der Waals surface area contributed by atoms with Crippen LogP contribution < -0.4 is 10.1 Å². The van der Waals surface area contributed by atoms with Crippen molar-refractivity contribution in [2.75, 3.05) is 26.5 Å². The number of thioether (sulfide) groups is 1. The van der Waals surface area contributed by atoms with Gasteiger partial charge in [0.1, 0.15) is 11.8 Å². The Morgan fingerprint density at radius 3 is 2.81 bits per heavy atom. The monoisotopic (exact) mass is 385 g/mol. The normalized spacial score (nSPS) is 18.4. The van der Waals surface area contributed by atoms with Crippen molar-refractivity contribution in [1.29, 1.82) is 0 Å². The average Bonchev–Trinajstić information content (AvgIpc) is 2.98. The van der Waals surface area contributed by atoms with E-state index < -0.39 is 0 Å². The molecule has 2 atom stereocenters. The van der Waals surface area contributed by atoms with E-state index in [1.807, 2.05) is 59.1 Å².